The average Bonchev–Trinajstić information content (AvgIpc) is 3.45. The predicted molar refractivity (Wildman–Crippen MR) is 173 cm³/mol. The maximum absolute atomic E-state index is 14.1. The lowest BCUT2D eigenvalue weighted by Gasteiger charge is -2.34. The highest BCUT2D eigenvalue weighted by Crippen LogP contribution is 2.32. The number of hydrogen-bond acceptors (Lipinski definition) is 4. The summed E-state index contributed by atoms with van der Waals surface area (Å²) in [7, 11) is 4.01. The molecule has 1 aliphatic heterocycles. The molecule has 0 unspecified atom stereocenters. The van der Waals surface area contributed by atoms with Crippen LogP contribution >= 0.6 is 0 Å². The first-order valence-electron chi connectivity index (χ1n) is 15.2. The van der Waals surface area contributed by atoms with Crippen molar-refractivity contribution in [3.63, 3.8) is 0 Å². The zero-order valence-corrected chi connectivity index (χ0v) is 25.6. The number of likely N-dealkylation sites (tertiary alicyclic amines) is 1. The second-order valence-corrected chi connectivity index (χ2v) is 11.7. The van der Waals surface area contributed by atoms with Crippen molar-refractivity contribution in [1.82, 2.24) is 20.1 Å². The second-order valence-electron chi connectivity index (χ2n) is 11.7. The van der Waals surface area contributed by atoms with E-state index in [4.69, 9.17) is 4.74 Å². The van der Waals surface area contributed by atoms with Crippen molar-refractivity contribution in [2.75, 3.05) is 39.1 Å². The number of fused-ring (bicyclic) bond motifs is 1. The number of aromatic nitrogens is 1. The molecular formula is C35H43N5O3. The van der Waals surface area contributed by atoms with Gasteiger partial charge >= 0.3 is 6.03 Å². The lowest BCUT2D eigenvalue weighted by atomic mass is 9.89. The molecule has 4 aromatic rings. The van der Waals surface area contributed by atoms with Crippen molar-refractivity contribution >= 4 is 28.5 Å². The molecule has 3 N–H and O–H groups in total. The van der Waals surface area contributed by atoms with Gasteiger partial charge in [-0.1, -0.05) is 61.5 Å². The Morgan fingerprint density at radius 1 is 1.02 bits per heavy atom. The molecule has 0 aliphatic carbocycles. The van der Waals surface area contributed by atoms with Crippen LogP contribution in [-0.4, -0.2) is 66.6 Å². The molecule has 43 heavy (non-hydrogen) atoms. The third-order valence-corrected chi connectivity index (χ3v) is 8.33. The predicted octanol–water partition coefficient (Wildman–Crippen LogP) is 6.33. The third-order valence-electron chi connectivity index (χ3n) is 8.33. The number of urea groups is 1. The molecule has 0 radical (unpaired) electrons. The van der Waals surface area contributed by atoms with Crippen LogP contribution in [0.3, 0.4) is 0 Å². The fourth-order valence-electron chi connectivity index (χ4n) is 6.06. The number of benzene rings is 3. The highest BCUT2D eigenvalue weighted by molar-refractivity contribution is 5.99. The summed E-state index contributed by atoms with van der Waals surface area (Å²) in [5.41, 5.74) is 4.93. The lowest BCUT2D eigenvalue weighted by molar-refractivity contribution is -0.118. The fourth-order valence-corrected chi connectivity index (χ4v) is 6.06. The molecule has 0 bridgehead atoms. The summed E-state index contributed by atoms with van der Waals surface area (Å²) in [5, 5.41) is 7.27. The van der Waals surface area contributed by atoms with Crippen molar-refractivity contribution in [3.05, 3.63) is 95.7 Å². The largest absolute Gasteiger partial charge is 0.492 e. The molecule has 226 valence electrons. The van der Waals surface area contributed by atoms with Crippen LogP contribution in [0.15, 0.2) is 79.0 Å². The van der Waals surface area contributed by atoms with Gasteiger partial charge in [0.1, 0.15) is 11.8 Å². The number of rotatable bonds is 10. The summed E-state index contributed by atoms with van der Waals surface area (Å²) in [6.45, 7) is 6.39. The van der Waals surface area contributed by atoms with Crippen LogP contribution in [0.5, 0.6) is 5.75 Å². The van der Waals surface area contributed by atoms with Gasteiger partial charge in [0.05, 0.1) is 12.3 Å². The Kier molecular flexibility index (Phi) is 9.67. The standard InChI is InChI=1S/C35H43N5O3/c1-5-43-32-16-15-25(23-39(3)4)21-31(32)37-34(41)33(24(2)29-22-36-30-14-10-9-13-28(29)30)38-35(42)40-19-17-27(18-20-40)26-11-7-6-8-12-26/h6-16,21-22,24,27,33,36H,5,17-20,23H2,1-4H3,(H,37,41)(H,38,42)/t24-,33+/m0/s1. The van der Waals surface area contributed by atoms with Gasteiger partial charge in [0.2, 0.25) is 5.91 Å². The maximum atomic E-state index is 14.1. The number of amides is 3. The van der Waals surface area contributed by atoms with E-state index in [1.807, 2.05) is 87.6 Å². The van der Waals surface area contributed by atoms with E-state index in [0.717, 1.165) is 41.4 Å². The van der Waals surface area contributed by atoms with Gasteiger partial charge in [-0.15, -0.1) is 0 Å². The van der Waals surface area contributed by atoms with Crippen molar-refractivity contribution in [3.8, 4) is 5.75 Å². The van der Waals surface area contributed by atoms with Crippen LogP contribution in [0, 0.1) is 0 Å². The van der Waals surface area contributed by atoms with E-state index in [1.165, 1.54) is 5.56 Å². The molecule has 1 aromatic heterocycles. The summed E-state index contributed by atoms with van der Waals surface area (Å²) >= 11 is 0. The van der Waals surface area contributed by atoms with Gasteiger partial charge in [0, 0.05) is 42.7 Å². The quantitative estimate of drug-likeness (QED) is 0.204. The number of para-hydroxylation sites is 1. The number of carbonyl (C=O) groups excluding carboxylic acids is 2. The Labute approximate surface area is 254 Å². The number of nitrogens with zero attached hydrogens (tertiary/aromatic N) is 2. The first kappa shape index (κ1) is 30.2. The van der Waals surface area contributed by atoms with E-state index in [1.54, 1.807) is 0 Å². The summed E-state index contributed by atoms with van der Waals surface area (Å²) in [5.74, 6) is 0.447. The molecule has 1 saturated heterocycles. The molecule has 1 aliphatic rings. The summed E-state index contributed by atoms with van der Waals surface area (Å²) in [6, 6.07) is 23.3. The Morgan fingerprint density at radius 3 is 2.47 bits per heavy atom. The average molecular weight is 582 g/mol. The van der Waals surface area contributed by atoms with Crippen LogP contribution in [0.2, 0.25) is 0 Å². The Bertz CT molecular complexity index is 1530. The molecule has 0 saturated carbocycles. The van der Waals surface area contributed by atoms with E-state index >= 15 is 0 Å². The van der Waals surface area contributed by atoms with Crippen molar-refractivity contribution in [2.24, 2.45) is 0 Å². The number of H-pyrrole nitrogens is 1. The van der Waals surface area contributed by atoms with Gasteiger partial charge < -0.3 is 30.2 Å². The highest BCUT2D eigenvalue weighted by atomic mass is 16.5. The Hall–Kier alpha value is -4.30. The van der Waals surface area contributed by atoms with Gasteiger partial charge in [-0.25, -0.2) is 4.79 Å². The molecule has 2 heterocycles. The first-order valence-corrected chi connectivity index (χ1v) is 15.2. The smallest absolute Gasteiger partial charge is 0.318 e. The lowest BCUT2D eigenvalue weighted by Crippen LogP contribution is -2.53. The maximum Gasteiger partial charge on any atom is 0.318 e. The van der Waals surface area contributed by atoms with E-state index in [-0.39, 0.29) is 17.9 Å². The second kappa shape index (κ2) is 13.8. The number of carbonyl (C=O) groups is 2. The summed E-state index contributed by atoms with van der Waals surface area (Å²) in [4.78, 5) is 35.0. The number of nitrogens with one attached hydrogen (secondary N) is 3. The van der Waals surface area contributed by atoms with Crippen LogP contribution < -0.4 is 15.4 Å². The van der Waals surface area contributed by atoms with Crippen LogP contribution in [0.1, 0.15) is 55.2 Å². The molecule has 5 rings (SSSR count). The number of ether oxygens (including phenoxy) is 1. The minimum atomic E-state index is -0.814. The minimum absolute atomic E-state index is 0.218. The Morgan fingerprint density at radius 2 is 1.74 bits per heavy atom. The van der Waals surface area contributed by atoms with Gasteiger partial charge in [0.15, 0.2) is 0 Å². The van der Waals surface area contributed by atoms with Crippen molar-refractivity contribution < 1.29 is 14.3 Å². The van der Waals surface area contributed by atoms with E-state index in [9.17, 15) is 9.59 Å². The molecule has 8 nitrogen and oxygen atoms in total. The zero-order chi connectivity index (χ0) is 30.3. The molecule has 3 aromatic carbocycles. The van der Waals surface area contributed by atoms with E-state index in [0.29, 0.717) is 37.1 Å². The Balaban J connectivity index is 1.38. The van der Waals surface area contributed by atoms with Gasteiger partial charge in [-0.2, -0.15) is 0 Å². The topological polar surface area (TPSA) is 89.7 Å². The normalized spacial score (nSPS) is 15.3. The number of anilines is 1. The molecule has 8 heteroatoms. The van der Waals surface area contributed by atoms with Crippen LogP contribution in [-0.2, 0) is 11.3 Å². The third kappa shape index (κ3) is 7.20. The van der Waals surface area contributed by atoms with Crippen LogP contribution in [0.4, 0.5) is 10.5 Å². The summed E-state index contributed by atoms with van der Waals surface area (Å²) < 4.78 is 5.86. The SMILES string of the molecule is CCOc1ccc(CN(C)C)cc1NC(=O)[C@H](NC(=O)N1CCC(c2ccccc2)CC1)[C@@H](C)c1c[nH]c2ccccc12. The molecule has 3 amide bonds. The number of aromatic amines is 1. The van der Waals surface area contributed by atoms with Gasteiger partial charge in [-0.3, -0.25) is 4.79 Å². The minimum Gasteiger partial charge on any atom is -0.492 e. The zero-order valence-electron chi connectivity index (χ0n) is 25.6. The van der Waals surface area contributed by atoms with Crippen molar-refractivity contribution in [1.29, 1.82) is 0 Å². The fraction of sp³-hybridized carbons (Fsp3) is 0.371. The monoisotopic (exact) mass is 581 g/mol. The molecular weight excluding hydrogens is 538 g/mol. The molecule has 0 spiro atoms. The highest BCUT2D eigenvalue weighted by Gasteiger charge is 2.33. The van der Waals surface area contributed by atoms with E-state index < -0.39 is 6.04 Å². The summed E-state index contributed by atoms with van der Waals surface area (Å²) in [6.07, 6.45) is 3.72. The van der Waals surface area contributed by atoms with Crippen LogP contribution in [0.25, 0.3) is 10.9 Å². The number of piperidine rings is 1. The first-order chi connectivity index (χ1) is 20.8. The number of hydrogen-bond donors (Lipinski definition) is 3. The van der Waals surface area contributed by atoms with E-state index in [2.05, 4.69) is 44.8 Å². The van der Waals surface area contributed by atoms with Gasteiger partial charge in [0.25, 0.3) is 0 Å². The van der Waals surface area contributed by atoms with Crippen molar-refractivity contribution in [2.45, 2.75) is 51.1 Å². The van der Waals surface area contributed by atoms with Gasteiger partial charge in [-0.05, 0) is 74.7 Å². The molecule has 1 fully saturated rings. The molecule has 2 atom stereocenters.